The zero-order valence-corrected chi connectivity index (χ0v) is 12.9. The summed E-state index contributed by atoms with van der Waals surface area (Å²) >= 11 is 3.38. The van der Waals surface area contributed by atoms with Gasteiger partial charge in [-0.2, -0.15) is 0 Å². The van der Waals surface area contributed by atoms with E-state index in [0.717, 1.165) is 35.5 Å². The van der Waals surface area contributed by atoms with E-state index in [4.69, 9.17) is 0 Å². The highest BCUT2D eigenvalue weighted by atomic mass is 79.9. The van der Waals surface area contributed by atoms with Crippen LogP contribution in [0.1, 0.15) is 39.4 Å². The van der Waals surface area contributed by atoms with Crippen molar-refractivity contribution >= 4 is 21.7 Å². The van der Waals surface area contributed by atoms with Crippen molar-refractivity contribution in [1.82, 2.24) is 9.97 Å². The molecule has 0 bridgehead atoms. The van der Waals surface area contributed by atoms with Crippen LogP contribution in [0.15, 0.2) is 10.7 Å². The molecule has 1 unspecified atom stereocenters. The Morgan fingerprint density at radius 3 is 2.72 bits per heavy atom. The predicted molar refractivity (Wildman–Crippen MR) is 77.7 cm³/mol. The van der Waals surface area contributed by atoms with Crippen LogP contribution in [0.4, 0.5) is 5.82 Å². The smallest absolute Gasteiger partial charge is 0.132 e. The molecular formula is C13H22BrN3O. The maximum absolute atomic E-state index is 9.81. The summed E-state index contributed by atoms with van der Waals surface area (Å²) in [6.45, 7) is 6.82. The maximum atomic E-state index is 9.81. The van der Waals surface area contributed by atoms with Crippen LogP contribution in [-0.4, -0.2) is 27.7 Å². The highest BCUT2D eigenvalue weighted by Crippen LogP contribution is 2.14. The van der Waals surface area contributed by atoms with E-state index in [9.17, 15) is 5.11 Å². The molecule has 18 heavy (non-hydrogen) atoms. The second-order valence-corrected chi connectivity index (χ2v) is 5.72. The molecule has 0 spiro atoms. The van der Waals surface area contributed by atoms with Crippen molar-refractivity contribution in [1.29, 1.82) is 0 Å². The molecule has 1 aromatic heterocycles. The molecule has 0 saturated carbocycles. The summed E-state index contributed by atoms with van der Waals surface area (Å²) in [5.41, 5.74) is 0. The quantitative estimate of drug-likeness (QED) is 0.759. The summed E-state index contributed by atoms with van der Waals surface area (Å²) in [6, 6.07) is 1.83. The van der Waals surface area contributed by atoms with Gasteiger partial charge in [-0.05, 0) is 34.7 Å². The summed E-state index contributed by atoms with van der Waals surface area (Å²) < 4.78 is 0.779. The molecule has 0 saturated heterocycles. The normalized spacial score (nSPS) is 12.8. The summed E-state index contributed by atoms with van der Waals surface area (Å²) in [5, 5.41) is 13.0. The van der Waals surface area contributed by atoms with Crippen LogP contribution in [0, 0.1) is 5.92 Å². The number of nitrogens with one attached hydrogen (secondary N) is 1. The van der Waals surface area contributed by atoms with Gasteiger partial charge in [-0.1, -0.05) is 20.8 Å². The molecule has 0 fully saturated rings. The van der Waals surface area contributed by atoms with Gasteiger partial charge in [-0.25, -0.2) is 9.97 Å². The highest BCUT2D eigenvalue weighted by Gasteiger charge is 2.08. The molecule has 0 aliphatic rings. The molecule has 0 amide bonds. The third-order valence-electron chi connectivity index (χ3n) is 2.48. The number of halogens is 1. The van der Waals surface area contributed by atoms with Crippen molar-refractivity contribution in [3.63, 3.8) is 0 Å². The van der Waals surface area contributed by atoms with Crippen LogP contribution >= 0.6 is 15.9 Å². The first-order valence-corrected chi connectivity index (χ1v) is 7.26. The van der Waals surface area contributed by atoms with Gasteiger partial charge in [-0.3, -0.25) is 0 Å². The Bertz CT molecular complexity index is 371. The van der Waals surface area contributed by atoms with E-state index in [2.05, 4.69) is 52.0 Å². The fourth-order valence-electron chi connectivity index (χ4n) is 1.74. The minimum Gasteiger partial charge on any atom is -0.391 e. The number of nitrogens with zero attached hydrogens (tertiary/aromatic N) is 2. The van der Waals surface area contributed by atoms with Gasteiger partial charge in [0, 0.05) is 19.0 Å². The summed E-state index contributed by atoms with van der Waals surface area (Å²) in [5.74, 6) is 2.09. The first-order valence-electron chi connectivity index (χ1n) is 6.46. The topological polar surface area (TPSA) is 58.0 Å². The van der Waals surface area contributed by atoms with Gasteiger partial charge in [-0.15, -0.1) is 0 Å². The molecule has 1 heterocycles. The Labute approximate surface area is 117 Å². The van der Waals surface area contributed by atoms with Crippen molar-refractivity contribution in [3.8, 4) is 0 Å². The van der Waals surface area contributed by atoms with Gasteiger partial charge >= 0.3 is 0 Å². The second-order valence-electron chi connectivity index (χ2n) is 4.91. The Morgan fingerprint density at radius 1 is 1.39 bits per heavy atom. The molecule has 0 aromatic carbocycles. The van der Waals surface area contributed by atoms with Crippen molar-refractivity contribution in [2.45, 2.75) is 46.1 Å². The van der Waals surface area contributed by atoms with Crippen LogP contribution < -0.4 is 5.32 Å². The molecule has 1 aromatic rings. The van der Waals surface area contributed by atoms with Crippen molar-refractivity contribution in [2.24, 2.45) is 5.92 Å². The number of hydrogen-bond acceptors (Lipinski definition) is 4. The zero-order valence-electron chi connectivity index (χ0n) is 11.3. The standard InChI is InChI=1S/C13H22BrN3O/c1-4-5-12-16-11(14)7-13(17-12)15-8-10(18)6-9(2)3/h7,9-10,18H,4-6,8H2,1-3H3,(H,15,16,17). The Kier molecular flexibility index (Phi) is 6.57. The molecule has 0 aliphatic carbocycles. The average Bonchev–Trinajstić information content (AvgIpc) is 2.25. The largest absolute Gasteiger partial charge is 0.391 e. The van der Waals surface area contributed by atoms with Gasteiger partial charge in [0.2, 0.25) is 0 Å². The van der Waals surface area contributed by atoms with Gasteiger partial charge in [0.15, 0.2) is 0 Å². The third kappa shape index (κ3) is 5.78. The molecule has 0 aliphatic heterocycles. The van der Waals surface area contributed by atoms with Crippen LogP contribution in [0.5, 0.6) is 0 Å². The summed E-state index contributed by atoms with van der Waals surface area (Å²) in [4.78, 5) is 8.71. The number of aliphatic hydroxyl groups excluding tert-OH is 1. The fraction of sp³-hybridized carbons (Fsp3) is 0.692. The van der Waals surface area contributed by atoms with E-state index in [1.54, 1.807) is 0 Å². The third-order valence-corrected chi connectivity index (χ3v) is 2.88. The monoisotopic (exact) mass is 315 g/mol. The molecule has 1 atom stereocenters. The number of hydrogen-bond donors (Lipinski definition) is 2. The molecule has 102 valence electrons. The zero-order chi connectivity index (χ0) is 13.5. The van der Waals surface area contributed by atoms with E-state index in [1.807, 2.05) is 6.07 Å². The minimum absolute atomic E-state index is 0.339. The first kappa shape index (κ1) is 15.4. The van der Waals surface area contributed by atoms with Gasteiger partial charge in [0.1, 0.15) is 16.2 Å². The number of anilines is 1. The summed E-state index contributed by atoms with van der Waals surface area (Å²) in [7, 11) is 0. The van der Waals surface area contributed by atoms with Gasteiger partial charge in [0.05, 0.1) is 6.10 Å². The highest BCUT2D eigenvalue weighted by molar-refractivity contribution is 9.10. The number of rotatable bonds is 7. The van der Waals surface area contributed by atoms with Crippen LogP contribution in [0.2, 0.25) is 0 Å². The lowest BCUT2D eigenvalue weighted by molar-refractivity contribution is 0.161. The molecule has 2 N–H and O–H groups in total. The maximum Gasteiger partial charge on any atom is 0.132 e. The van der Waals surface area contributed by atoms with Crippen molar-refractivity contribution in [3.05, 3.63) is 16.5 Å². The predicted octanol–water partition coefficient (Wildman–Crippen LogP) is 3.01. The van der Waals surface area contributed by atoms with Crippen molar-refractivity contribution < 1.29 is 5.11 Å². The summed E-state index contributed by atoms with van der Waals surface area (Å²) in [6.07, 6.45) is 2.34. The Balaban J connectivity index is 2.56. The number of aromatic nitrogens is 2. The first-order chi connectivity index (χ1) is 8.51. The van der Waals surface area contributed by atoms with E-state index in [-0.39, 0.29) is 6.10 Å². The Morgan fingerprint density at radius 2 is 2.11 bits per heavy atom. The SMILES string of the molecule is CCCc1nc(Br)cc(NCC(O)CC(C)C)n1. The molecule has 5 heteroatoms. The lowest BCUT2D eigenvalue weighted by Gasteiger charge is -2.14. The van der Waals surface area contributed by atoms with E-state index >= 15 is 0 Å². The van der Waals surface area contributed by atoms with Crippen molar-refractivity contribution in [2.75, 3.05) is 11.9 Å². The Hall–Kier alpha value is -0.680. The molecular weight excluding hydrogens is 294 g/mol. The van der Waals surface area contributed by atoms with Gasteiger partial charge < -0.3 is 10.4 Å². The van der Waals surface area contributed by atoms with Crippen LogP contribution in [0.25, 0.3) is 0 Å². The van der Waals surface area contributed by atoms with E-state index in [1.165, 1.54) is 0 Å². The molecule has 0 radical (unpaired) electrons. The minimum atomic E-state index is -0.339. The van der Waals surface area contributed by atoms with Crippen LogP contribution in [0.3, 0.4) is 0 Å². The fourth-order valence-corrected chi connectivity index (χ4v) is 2.16. The van der Waals surface area contributed by atoms with E-state index < -0.39 is 0 Å². The van der Waals surface area contributed by atoms with Gasteiger partial charge in [0.25, 0.3) is 0 Å². The second kappa shape index (κ2) is 7.69. The number of aryl methyl sites for hydroxylation is 1. The lowest BCUT2D eigenvalue weighted by atomic mass is 10.1. The lowest BCUT2D eigenvalue weighted by Crippen LogP contribution is -2.22. The average molecular weight is 316 g/mol. The van der Waals surface area contributed by atoms with Crippen LogP contribution in [-0.2, 0) is 6.42 Å². The molecule has 4 nitrogen and oxygen atoms in total. The van der Waals surface area contributed by atoms with E-state index in [0.29, 0.717) is 12.5 Å². The molecule has 1 rings (SSSR count). The number of aliphatic hydroxyl groups is 1.